The number of piperazine rings is 1. The van der Waals surface area contributed by atoms with Gasteiger partial charge in [0.25, 0.3) is 0 Å². The van der Waals surface area contributed by atoms with E-state index in [4.69, 9.17) is 4.98 Å². The van der Waals surface area contributed by atoms with Crippen LogP contribution in [0.1, 0.15) is 32.1 Å². The summed E-state index contributed by atoms with van der Waals surface area (Å²) < 4.78 is 0. The van der Waals surface area contributed by atoms with Gasteiger partial charge in [-0.3, -0.25) is 0 Å². The number of hydrogen-bond acceptors (Lipinski definition) is 4. The number of hydrogen-bond donors (Lipinski definition) is 1. The summed E-state index contributed by atoms with van der Waals surface area (Å²) >= 11 is 1.74. The molecule has 112 valence electrons. The summed E-state index contributed by atoms with van der Waals surface area (Å²) in [6.45, 7) is 4.83. The SMILES string of the molecule is c1cnc2sc(N3CC[NH+](C4CCCCC4)CC3)nc2c1. The summed E-state index contributed by atoms with van der Waals surface area (Å²) in [5.41, 5.74) is 1.04. The van der Waals surface area contributed by atoms with E-state index < -0.39 is 0 Å². The summed E-state index contributed by atoms with van der Waals surface area (Å²) in [6.07, 6.45) is 9.09. The van der Waals surface area contributed by atoms with Gasteiger partial charge in [0.1, 0.15) is 10.3 Å². The van der Waals surface area contributed by atoms with E-state index in [-0.39, 0.29) is 0 Å². The van der Waals surface area contributed by atoms with Crippen molar-refractivity contribution in [2.24, 2.45) is 0 Å². The molecule has 2 aromatic rings. The Bertz CT molecular complexity index is 564. The lowest BCUT2D eigenvalue weighted by Crippen LogP contribution is -3.18. The van der Waals surface area contributed by atoms with E-state index in [1.807, 2.05) is 17.2 Å². The standard InChI is InChI=1S/C16H22N4S/c1-2-5-13(6-3-1)19-9-11-20(12-10-19)16-18-14-7-4-8-17-15(14)21-16/h4,7-8,13H,1-3,5-6,9-12H2/p+1. The van der Waals surface area contributed by atoms with Crippen LogP contribution in [0.25, 0.3) is 10.3 Å². The maximum Gasteiger partial charge on any atom is 0.188 e. The van der Waals surface area contributed by atoms with E-state index in [2.05, 4.69) is 16.0 Å². The van der Waals surface area contributed by atoms with Crippen molar-refractivity contribution in [2.75, 3.05) is 31.1 Å². The number of thiazole rings is 1. The van der Waals surface area contributed by atoms with Crippen molar-refractivity contribution in [2.45, 2.75) is 38.1 Å². The minimum atomic E-state index is 0.929. The predicted molar refractivity (Wildman–Crippen MR) is 87.2 cm³/mol. The van der Waals surface area contributed by atoms with Gasteiger partial charge < -0.3 is 9.80 Å². The molecule has 0 atom stereocenters. The van der Waals surface area contributed by atoms with Gasteiger partial charge in [0.05, 0.1) is 32.2 Å². The highest BCUT2D eigenvalue weighted by molar-refractivity contribution is 7.21. The number of quaternary nitrogens is 1. The van der Waals surface area contributed by atoms with Gasteiger partial charge in [0.2, 0.25) is 0 Å². The van der Waals surface area contributed by atoms with E-state index in [9.17, 15) is 0 Å². The fraction of sp³-hybridized carbons (Fsp3) is 0.625. The lowest BCUT2D eigenvalue weighted by atomic mass is 9.94. The molecular formula is C16H23N4S+. The number of aromatic nitrogens is 2. The maximum atomic E-state index is 4.75. The first kappa shape index (κ1) is 13.5. The molecule has 1 aliphatic heterocycles. The Morgan fingerprint density at radius 3 is 2.71 bits per heavy atom. The summed E-state index contributed by atoms with van der Waals surface area (Å²) in [5.74, 6) is 0. The number of nitrogens with one attached hydrogen (secondary N) is 1. The minimum absolute atomic E-state index is 0.929. The number of nitrogens with zero attached hydrogens (tertiary/aromatic N) is 3. The van der Waals surface area contributed by atoms with Gasteiger partial charge in [0.15, 0.2) is 5.13 Å². The van der Waals surface area contributed by atoms with Crippen molar-refractivity contribution < 1.29 is 4.90 Å². The first-order valence-corrected chi connectivity index (χ1v) is 9.03. The Balaban J connectivity index is 1.42. The van der Waals surface area contributed by atoms with E-state index in [1.54, 1.807) is 11.3 Å². The molecule has 5 heteroatoms. The molecule has 0 bridgehead atoms. The lowest BCUT2D eigenvalue weighted by Gasteiger charge is -2.37. The van der Waals surface area contributed by atoms with Crippen molar-refractivity contribution in [1.29, 1.82) is 0 Å². The summed E-state index contributed by atoms with van der Waals surface area (Å²) in [7, 11) is 0. The third-order valence-electron chi connectivity index (χ3n) is 5.01. The topological polar surface area (TPSA) is 33.5 Å². The molecule has 1 N–H and O–H groups in total. The van der Waals surface area contributed by atoms with Crippen molar-refractivity contribution >= 4 is 26.8 Å². The predicted octanol–water partition coefficient (Wildman–Crippen LogP) is 1.73. The molecule has 4 rings (SSSR count). The Morgan fingerprint density at radius 1 is 1.14 bits per heavy atom. The fourth-order valence-electron chi connectivity index (χ4n) is 3.80. The molecule has 0 aromatic carbocycles. The highest BCUT2D eigenvalue weighted by Gasteiger charge is 2.29. The molecule has 0 spiro atoms. The van der Waals surface area contributed by atoms with Gasteiger partial charge in [-0.2, -0.15) is 0 Å². The molecule has 0 amide bonds. The van der Waals surface area contributed by atoms with Gasteiger partial charge in [-0.25, -0.2) is 9.97 Å². The minimum Gasteiger partial charge on any atom is -0.337 e. The molecule has 0 radical (unpaired) electrons. The molecule has 1 aliphatic carbocycles. The zero-order chi connectivity index (χ0) is 14.1. The van der Waals surface area contributed by atoms with Crippen molar-refractivity contribution in [3.8, 4) is 0 Å². The lowest BCUT2D eigenvalue weighted by molar-refractivity contribution is -0.927. The molecule has 0 unspecified atom stereocenters. The molecule has 1 saturated heterocycles. The van der Waals surface area contributed by atoms with Crippen LogP contribution in [0.15, 0.2) is 18.3 Å². The van der Waals surface area contributed by atoms with Crippen LogP contribution < -0.4 is 9.80 Å². The number of pyridine rings is 1. The average molecular weight is 303 g/mol. The third-order valence-corrected chi connectivity index (χ3v) is 6.05. The molecule has 3 heterocycles. The van der Waals surface area contributed by atoms with Crippen LogP contribution in [-0.4, -0.2) is 42.2 Å². The van der Waals surface area contributed by atoms with E-state index in [1.165, 1.54) is 45.2 Å². The molecular weight excluding hydrogens is 280 g/mol. The van der Waals surface area contributed by atoms with Gasteiger partial charge in [-0.15, -0.1) is 0 Å². The molecule has 4 nitrogen and oxygen atoms in total. The average Bonchev–Trinajstić information content (AvgIpc) is 3.00. The van der Waals surface area contributed by atoms with Gasteiger partial charge in [-0.05, 0) is 37.8 Å². The fourth-order valence-corrected chi connectivity index (χ4v) is 4.76. The second-order valence-corrected chi connectivity index (χ2v) is 7.26. The molecule has 2 aromatic heterocycles. The summed E-state index contributed by atoms with van der Waals surface area (Å²) in [4.78, 5) is 14.5. The van der Waals surface area contributed by atoms with E-state index in [0.717, 1.165) is 34.6 Å². The smallest absolute Gasteiger partial charge is 0.188 e. The quantitative estimate of drug-likeness (QED) is 0.917. The highest BCUT2D eigenvalue weighted by Crippen LogP contribution is 2.26. The van der Waals surface area contributed by atoms with Crippen LogP contribution >= 0.6 is 11.3 Å². The number of fused-ring (bicyclic) bond motifs is 1. The largest absolute Gasteiger partial charge is 0.337 e. The van der Waals surface area contributed by atoms with Crippen molar-refractivity contribution in [1.82, 2.24) is 9.97 Å². The Kier molecular flexibility index (Phi) is 3.78. The molecule has 2 fully saturated rings. The van der Waals surface area contributed by atoms with Crippen molar-refractivity contribution in [3.05, 3.63) is 18.3 Å². The Labute approximate surface area is 129 Å². The Morgan fingerprint density at radius 2 is 1.95 bits per heavy atom. The maximum absolute atomic E-state index is 4.75. The normalized spacial score (nSPS) is 22.0. The van der Waals surface area contributed by atoms with Crippen LogP contribution in [0, 0.1) is 0 Å². The number of rotatable bonds is 2. The zero-order valence-corrected chi connectivity index (χ0v) is 13.2. The van der Waals surface area contributed by atoms with Crippen LogP contribution in [0.4, 0.5) is 5.13 Å². The molecule has 21 heavy (non-hydrogen) atoms. The van der Waals surface area contributed by atoms with Gasteiger partial charge in [-0.1, -0.05) is 17.8 Å². The second-order valence-electron chi connectivity index (χ2n) is 6.30. The zero-order valence-electron chi connectivity index (χ0n) is 12.4. The van der Waals surface area contributed by atoms with E-state index in [0.29, 0.717) is 0 Å². The Hall–Kier alpha value is -1.20. The summed E-state index contributed by atoms with van der Waals surface area (Å²) in [6, 6.07) is 4.96. The van der Waals surface area contributed by atoms with E-state index >= 15 is 0 Å². The van der Waals surface area contributed by atoms with Crippen LogP contribution in [0.3, 0.4) is 0 Å². The highest BCUT2D eigenvalue weighted by atomic mass is 32.1. The third kappa shape index (κ3) is 2.77. The van der Waals surface area contributed by atoms with Gasteiger partial charge in [0, 0.05) is 6.20 Å². The monoisotopic (exact) mass is 303 g/mol. The van der Waals surface area contributed by atoms with Crippen LogP contribution in [-0.2, 0) is 0 Å². The second kappa shape index (κ2) is 5.89. The number of anilines is 1. The van der Waals surface area contributed by atoms with Gasteiger partial charge >= 0.3 is 0 Å². The van der Waals surface area contributed by atoms with Crippen LogP contribution in [0.5, 0.6) is 0 Å². The van der Waals surface area contributed by atoms with Crippen molar-refractivity contribution in [3.63, 3.8) is 0 Å². The van der Waals surface area contributed by atoms with Crippen LogP contribution in [0.2, 0.25) is 0 Å². The first-order valence-electron chi connectivity index (χ1n) is 8.21. The molecule has 2 aliphatic rings. The first-order chi connectivity index (χ1) is 10.4. The molecule has 1 saturated carbocycles. The summed E-state index contributed by atoms with van der Waals surface area (Å²) in [5, 5.41) is 1.16.